The lowest BCUT2D eigenvalue weighted by Crippen LogP contribution is -2.22. The molecule has 0 amide bonds. The van der Waals surface area contributed by atoms with E-state index in [1.54, 1.807) is 12.1 Å². The van der Waals surface area contributed by atoms with E-state index in [-0.39, 0.29) is 0 Å². The van der Waals surface area contributed by atoms with Crippen molar-refractivity contribution in [2.24, 2.45) is 0 Å². The van der Waals surface area contributed by atoms with E-state index in [0.29, 0.717) is 0 Å². The van der Waals surface area contributed by atoms with Crippen LogP contribution in [0.1, 0.15) is 5.56 Å². The average Bonchev–Trinajstić information content (AvgIpc) is 3.03. The van der Waals surface area contributed by atoms with E-state index in [4.69, 9.17) is 0 Å². The highest BCUT2D eigenvalue weighted by Gasteiger charge is 2.31. The van der Waals surface area contributed by atoms with Crippen molar-refractivity contribution < 1.29 is 13.2 Å². The van der Waals surface area contributed by atoms with Crippen molar-refractivity contribution in [3.8, 4) is 0 Å². The predicted molar refractivity (Wildman–Crippen MR) is 178 cm³/mol. The van der Waals surface area contributed by atoms with Gasteiger partial charge in [0.15, 0.2) is 0 Å². The van der Waals surface area contributed by atoms with E-state index < -0.39 is 19.7 Å². The van der Waals surface area contributed by atoms with Crippen LogP contribution in [0.25, 0.3) is 64.6 Å². The fraction of sp³-hybridized carbons (Fsp3) is 0.0256. The first kappa shape index (κ1) is 24.8. The maximum atomic E-state index is 13.6. The Hall–Kier alpha value is -4.72. The highest BCUT2D eigenvalue weighted by atomic mass is 31.1. The number of hydrogen-bond acceptors (Lipinski definition) is 0. The van der Waals surface area contributed by atoms with E-state index in [0.717, 1.165) is 26.7 Å². The SMILES string of the molecule is FC(F)(F)c1ccc(P(c2ccc3ccc4cccc5ccc2c3c45)c2ccc3ccc4cccc5ccc2c3c45)cc1. The minimum Gasteiger partial charge on any atom is -0.166 e. The first-order valence-corrected chi connectivity index (χ1v) is 15.6. The summed E-state index contributed by atoms with van der Waals surface area (Å²) in [6, 6.07) is 44.8. The second kappa shape index (κ2) is 8.89. The Kier molecular flexibility index (Phi) is 5.14. The van der Waals surface area contributed by atoms with E-state index in [9.17, 15) is 13.2 Å². The van der Waals surface area contributed by atoms with Gasteiger partial charge >= 0.3 is 6.18 Å². The van der Waals surface area contributed by atoms with Crippen LogP contribution in [0.5, 0.6) is 0 Å². The molecule has 0 nitrogen and oxygen atoms in total. The lowest BCUT2D eigenvalue weighted by molar-refractivity contribution is -0.137. The molecule has 9 aromatic rings. The average molecular weight is 579 g/mol. The van der Waals surface area contributed by atoms with Crippen molar-refractivity contribution in [2.45, 2.75) is 6.18 Å². The highest BCUT2D eigenvalue weighted by Crippen LogP contribution is 2.44. The molecule has 4 heteroatoms. The molecule has 0 atom stereocenters. The molecule has 204 valence electrons. The lowest BCUT2D eigenvalue weighted by atomic mass is 9.94. The van der Waals surface area contributed by atoms with Crippen molar-refractivity contribution in [3.05, 3.63) is 139 Å². The van der Waals surface area contributed by atoms with Gasteiger partial charge in [-0.25, -0.2) is 0 Å². The zero-order valence-corrected chi connectivity index (χ0v) is 23.7. The molecule has 0 aromatic heterocycles. The first-order chi connectivity index (χ1) is 21.0. The third-order valence-electron chi connectivity index (χ3n) is 8.95. The molecule has 0 aliphatic heterocycles. The zero-order chi connectivity index (χ0) is 28.9. The predicted octanol–water partition coefficient (Wildman–Crippen LogP) is 10.3. The summed E-state index contributed by atoms with van der Waals surface area (Å²) < 4.78 is 40.9. The zero-order valence-electron chi connectivity index (χ0n) is 22.8. The van der Waals surface area contributed by atoms with Crippen LogP contribution in [0.2, 0.25) is 0 Å². The summed E-state index contributed by atoms with van der Waals surface area (Å²) in [6.45, 7) is 0. The summed E-state index contributed by atoms with van der Waals surface area (Å²) in [6.07, 6.45) is -4.39. The summed E-state index contributed by atoms with van der Waals surface area (Å²) in [5.74, 6) is 0. The molecule has 0 bridgehead atoms. The van der Waals surface area contributed by atoms with Crippen molar-refractivity contribution in [1.29, 1.82) is 0 Å². The topological polar surface area (TPSA) is 0 Å². The van der Waals surface area contributed by atoms with Crippen LogP contribution in [0.3, 0.4) is 0 Å². The Bertz CT molecular complexity index is 2310. The van der Waals surface area contributed by atoms with Crippen molar-refractivity contribution in [1.82, 2.24) is 0 Å². The van der Waals surface area contributed by atoms with Crippen LogP contribution in [0.4, 0.5) is 13.2 Å². The Labute approximate surface area is 246 Å². The van der Waals surface area contributed by atoms with E-state index in [2.05, 4.69) is 109 Å². The fourth-order valence-electron chi connectivity index (χ4n) is 7.04. The van der Waals surface area contributed by atoms with Gasteiger partial charge in [0.05, 0.1) is 5.56 Å². The molecule has 43 heavy (non-hydrogen) atoms. The molecule has 0 fully saturated rings. The van der Waals surface area contributed by atoms with Gasteiger partial charge in [-0.3, -0.25) is 0 Å². The van der Waals surface area contributed by atoms with Gasteiger partial charge in [0, 0.05) is 0 Å². The number of halogens is 3. The van der Waals surface area contributed by atoms with E-state index in [1.807, 2.05) is 0 Å². The van der Waals surface area contributed by atoms with Crippen LogP contribution in [0.15, 0.2) is 133 Å². The van der Waals surface area contributed by atoms with Crippen LogP contribution in [-0.4, -0.2) is 0 Å². The van der Waals surface area contributed by atoms with Gasteiger partial charge in [-0.05, 0) is 101 Å². The number of hydrogen-bond donors (Lipinski definition) is 0. The highest BCUT2D eigenvalue weighted by molar-refractivity contribution is 7.80. The monoisotopic (exact) mass is 578 g/mol. The fourth-order valence-corrected chi connectivity index (χ4v) is 9.60. The molecule has 9 aromatic carbocycles. The maximum Gasteiger partial charge on any atom is 0.416 e. The van der Waals surface area contributed by atoms with Gasteiger partial charge in [-0.1, -0.05) is 121 Å². The maximum absolute atomic E-state index is 13.6. The Morgan fingerprint density at radius 2 is 0.744 bits per heavy atom. The van der Waals surface area contributed by atoms with Gasteiger partial charge in [0.2, 0.25) is 0 Å². The number of benzene rings is 9. The minimum absolute atomic E-state index is 0.628. The molecule has 0 saturated carbocycles. The van der Waals surface area contributed by atoms with Crippen LogP contribution in [0, 0.1) is 0 Å². The van der Waals surface area contributed by atoms with Crippen molar-refractivity contribution in [3.63, 3.8) is 0 Å². The molecule has 0 heterocycles. The molecular weight excluding hydrogens is 556 g/mol. The Balaban J connectivity index is 1.39. The molecule has 0 spiro atoms. The first-order valence-electron chi connectivity index (χ1n) is 14.3. The van der Waals surface area contributed by atoms with Crippen molar-refractivity contribution >= 4 is 88.5 Å². The Morgan fingerprint density at radius 1 is 0.372 bits per heavy atom. The second-order valence-electron chi connectivity index (χ2n) is 11.3. The second-order valence-corrected chi connectivity index (χ2v) is 13.4. The summed E-state index contributed by atoms with van der Waals surface area (Å²) in [7, 11) is -1.22. The van der Waals surface area contributed by atoms with Gasteiger partial charge in [0.25, 0.3) is 0 Å². The molecule has 0 radical (unpaired) electrons. The molecular formula is C39H22F3P. The molecule has 0 N–H and O–H groups in total. The third kappa shape index (κ3) is 3.62. The summed E-state index contributed by atoms with van der Waals surface area (Å²) in [5.41, 5.74) is -0.628. The minimum atomic E-state index is -4.39. The summed E-state index contributed by atoms with van der Waals surface area (Å²) >= 11 is 0. The van der Waals surface area contributed by atoms with Crippen LogP contribution in [-0.2, 0) is 6.18 Å². The molecule has 0 aliphatic rings. The molecule has 0 aliphatic carbocycles. The Morgan fingerprint density at radius 3 is 1.16 bits per heavy atom. The standard InChI is InChI=1S/C39H22F3P/c40-39(41,42)29-15-17-30(18-16-29)43(33-21-13-27-9-7-23-3-1-5-25-11-19-31(33)37(27)35(23)25)34-22-14-28-10-8-24-4-2-6-26-12-20-32(34)38(28)36(24)26/h1-22H. The normalized spacial score (nSPS) is 12.7. The summed E-state index contributed by atoms with van der Waals surface area (Å²) in [4.78, 5) is 0. The van der Waals surface area contributed by atoms with Gasteiger partial charge < -0.3 is 0 Å². The van der Waals surface area contributed by atoms with Crippen LogP contribution < -0.4 is 15.9 Å². The van der Waals surface area contributed by atoms with Gasteiger partial charge in [-0.15, -0.1) is 0 Å². The quantitative estimate of drug-likeness (QED) is 0.145. The molecule has 9 rings (SSSR count). The smallest absolute Gasteiger partial charge is 0.166 e. The number of rotatable bonds is 3. The molecule has 0 saturated heterocycles. The van der Waals surface area contributed by atoms with Crippen LogP contribution >= 0.6 is 7.92 Å². The number of alkyl halides is 3. The van der Waals surface area contributed by atoms with E-state index in [1.165, 1.54) is 66.0 Å². The van der Waals surface area contributed by atoms with Crippen molar-refractivity contribution in [2.75, 3.05) is 0 Å². The van der Waals surface area contributed by atoms with Gasteiger partial charge in [0.1, 0.15) is 0 Å². The largest absolute Gasteiger partial charge is 0.416 e. The molecule has 0 unspecified atom stereocenters. The van der Waals surface area contributed by atoms with Gasteiger partial charge in [-0.2, -0.15) is 13.2 Å². The van der Waals surface area contributed by atoms with E-state index >= 15 is 0 Å². The third-order valence-corrected chi connectivity index (χ3v) is 11.5. The lowest BCUT2D eigenvalue weighted by Gasteiger charge is -2.25. The summed E-state index contributed by atoms with van der Waals surface area (Å²) in [5, 5.41) is 17.5.